The number of likely N-dealkylation sites (tertiary alicyclic amines) is 1. The fourth-order valence-corrected chi connectivity index (χ4v) is 4.13. The summed E-state index contributed by atoms with van der Waals surface area (Å²) in [4.78, 5) is 27.5. The molecule has 2 amide bonds. The van der Waals surface area contributed by atoms with Crippen LogP contribution in [-0.4, -0.2) is 42.4 Å². The normalized spacial score (nSPS) is 16.5. The van der Waals surface area contributed by atoms with Crippen LogP contribution in [0.3, 0.4) is 0 Å². The van der Waals surface area contributed by atoms with Crippen molar-refractivity contribution in [1.29, 1.82) is 0 Å². The van der Waals surface area contributed by atoms with Gasteiger partial charge in [-0.15, -0.1) is 11.3 Å². The number of amides is 2. The summed E-state index contributed by atoms with van der Waals surface area (Å²) >= 11 is 1.46. The maximum atomic E-state index is 12.4. The maximum absolute atomic E-state index is 12.4. The number of carbonyl (C=O) groups is 2. The van der Waals surface area contributed by atoms with Crippen LogP contribution in [0.15, 0.2) is 35.7 Å². The van der Waals surface area contributed by atoms with Gasteiger partial charge < -0.3 is 10.6 Å². The zero-order chi connectivity index (χ0) is 20.1. The van der Waals surface area contributed by atoms with Gasteiger partial charge in [0.25, 0.3) is 5.91 Å². The summed E-state index contributed by atoms with van der Waals surface area (Å²) in [6.07, 6.45) is 1.74. The lowest BCUT2D eigenvalue weighted by Gasteiger charge is -2.32. The zero-order valence-corrected chi connectivity index (χ0v) is 17.6. The quantitative estimate of drug-likeness (QED) is 0.782. The topological polar surface area (TPSA) is 61.4 Å². The van der Waals surface area contributed by atoms with Crippen LogP contribution in [0.25, 0.3) is 0 Å². The number of piperidine rings is 1. The summed E-state index contributed by atoms with van der Waals surface area (Å²) in [7, 11) is 0. The molecular formula is C22H29N3O2S. The average Bonchev–Trinajstić information content (AvgIpc) is 3.20. The van der Waals surface area contributed by atoms with E-state index in [9.17, 15) is 9.59 Å². The van der Waals surface area contributed by atoms with E-state index < -0.39 is 0 Å². The summed E-state index contributed by atoms with van der Waals surface area (Å²) in [6.45, 7) is 8.25. The van der Waals surface area contributed by atoms with Crippen molar-refractivity contribution < 1.29 is 9.59 Å². The monoisotopic (exact) mass is 399 g/mol. The highest BCUT2D eigenvalue weighted by molar-refractivity contribution is 7.12. The molecule has 5 nitrogen and oxygen atoms in total. The molecule has 0 saturated carbocycles. The van der Waals surface area contributed by atoms with Gasteiger partial charge in [0.05, 0.1) is 17.5 Å². The largest absolute Gasteiger partial charge is 0.349 e. The number of benzene rings is 1. The smallest absolute Gasteiger partial charge is 0.261 e. The summed E-state index contributed by atoms with van der Waals surface area (Å²) in [5, 5.41) is 8.12. The molecule has 1 aliphatic heterocycles. The summed E-state index contributed by atoms with van der Waals surface area (Å²) in [6, 6.07) is 10.2. The first-order valence-corrected chi connectivity index (χ1v) is 10.7. The van der Waals surface area contributed by atoms with Crippen molar-refractivity contribution in [3.05, 3.63) is 57.3 Å². The summed E-state index contributed by atoms with van der Waals surface area (Å²) in [5.74, 6) is 0.0557. The number of hydrogen-bond acceptors (Lipinski definition) is 4. The van der Waals surface area contributed by atoms with Crippen molar-refractivity contribution in [2.75, 3.05) is 19.6 Å². The van der Waals surface area contributed by atoms with Crippen molar-refractivity contribution in [3.63, 3.8) is 0 Å². The third kappa shape index (κ3) is 5.42. The lowest BCUT2D eigenvalue weighted by Crippen LogP contribution is -2.47. The van der Waals surface area contributed by atoms with Crippen LogP contribution < -0.4 is 10.6 Å². The average molecular weight is 400 g/mol. The second kappa shape index (κ2) is 9.34. The summed E-state index contributed by atoms with van der Waals surface area (Å²) < 4.78 is 0. The second-order valence-corrected chi connectivity index (χ2v) is 8.58. The van der Waals surface area contributed by atoms with Gasteiger partial charge in [-0.1, -0.05) is 24.3 Å². The molecule has 0 aliphatic carbocycles. The van der Waals surface area contributed by atoms with Gasteiger partial charge in [-0.05, 0) is 61.7 Å². The van der Waals surface area contributed by atoms with Crippen molar-refractivity contribution in [3.8, 4) is 0 Å². The van der Waals surface area contributed by atoms with E-state index >= 15 is 0 Å². The lowest BCUT2D eigenvalue weighted by molar-refractivity contribution is -0.123. The highest BCUT2D eigenvalue weighted by atomic mass is 32.1. The van der Waals surface area contributed by atoms with Crippen molar-refractivity contribution >= 4 is 23.2 Å². The number of aryl methyl sites for hydroxylation is 2. The Morgan fingerprint density at radius 1 is 1.18 bits per heavy atom. The van der Waals surface area contributed by atoms with Gasteiger partial charge in [0.1, 0.15) is 0 Å². The fourth-order valence-electron chi connectivity index (χ4n) is 3.51. The molecular weight excluding hydrogens is 370 g/mol. The van der Waals surface area contributed by atoms with E-state index in [0.29, 0.717) is 6.54 Å². The van der Waals surface area contributed by atoms with E-state index in [4.69, 9.17) is 0 Å². The summed E-state index contributed by atoms with van der Waals surface area (Å²) in [5.41, 5.74) is 3.63. The van der Waals surface area contributed by atoms with E-state index in [1.807, 2.05) is 24.4 Å². The zero-order valence-electron chi connectivity index (χ0n) is 16.8. The third-order valence-electron chi connectivity index (χ3n) is 5.44. The van der Waals surface area contributed by atoms with Gasteiger partial charge in [-0.2, -0.15) is 0 Å². The molecule has 2 N–H and O–H groups in total. The number of rotatable bonds is 6. The van der Waals surface area contributed by atoms with E-state index in [2.05, 4.69) is 47.6 Å². The molecule has 6 heteroatoms. The van der Waals surface area contributed by atoms with Crippen LogP contribution in [0.1, 0.15) is 52.2 Å². The minimum atomic E-state index is -0.00516. The van der Waals surface area contributed by atoms with E-state index in [1.165, 1.54) is 22.5 Å². The number of carbonyl (C=O) groups excluding carboxylic acids is 2. The van der Waals surface area contributed by atoms with Gasteiger partial charge in [-0.25, -0.2) is 0 Å². The molecule has 2 aromatic rings. The molecule has 1 saturated heterocycles. The Balaban J connectivity index is 1.42. The van der Waals surface area contributed by atoms with Crippen LogP contribution >= 0.6 is 11.3 Å². The standard InChI is InChI=1S/C22H29N3O2S/c1-15-6-7-18(13-16(15)2)17(3)23-21(26)14-25-10-8-19(9-11-25)24-22(27)20-5-4-12-28-20/h4-7,12-13,17,19H,8-11,14H2,1-3H3,(H,23,26)(H,24,27). The highest BCUT2D eigenvalue weighted by Gasteiger charge is 2.23. The molecule has 1 aromatic carbocycles. The van der Waals surface area contributed by atoms with Crippen LogP contribution in [0.4, 0.5) is 0 Å². The Hall–Kier alpha value is -2.18. The minimum Gasteiger partial charge on any atom is -0.349 e. The van der Waals surface area contributed by atoms with E-state index in [-0.39, 0.29) is 23.9 Å². The van der Waals surface area contributed by atoms with Crippen molar-refractivity contribution in [2.24, 2.45) is 0 Å². The molecule has 1 aliphatic rings. The predicted molar refractivity (Wildman–Crippen MR) is 114 cm³/mol. The molecule has 150 valence electrons. The molecule has 1 atom stereocenters. The van der Waals surface area contributed by atoms with Gasteiger partial charge in [0.15, 0.2) is 0 Å². The lowest BCUT2D eigenvalue weighted by atomic mass is 10.0. The highest BCUT2D eigenvalue weighted by Crippen LogP contribution is 2.17. The molecule has 1 unspecified atom stereocenters. The molecule has 0 bridgehead atoms. The maximum Gasteiger partial charge on any atom is 0.261 e. The number of hydrogen-bond donors (Lipinski definition) is 2. The fraction of sp³-hybridized carbons (Fsp3) is 0.455. The first kappa shape index (κ1) is 20.6. The van der Waals surface area contributed by atoms with Crippen molar-refractivity contribution in [1.82, 2.24) is 15.5 Å². The Labute approximate surface area is 171 Å². The van der Waals surface area contributed by atoms with Crippen LogP contribution in [-0.2, 0) is 4.79 Å². The van der Waals surface area contributed by atoms with Crippen LogP contribution in [0, 0.1) is 13.8 Å². The Bertz CT molecular complexity index is 811. The SMILES string of the molecule is Cc1ccc(C(C)NC(=O)CN2CCC(NC(=O)c3cccs3)CC2)cc1C. The molecule has 0 spiro atoms. The molecule has 2 heterocycles. The van der Waals surface area contributed by atoms with Gasteiger partial charge in [0, 0.05) is 19.1 Å². The number of nitrogens with one attached hydrogen (secondary N) is 2. The number of thiophene rings is 1. The minimum absolute atomic E-state index is 0.00516. The van der Waals surface area contributed by atoms with Gasteiger partial charge in [0.2, 0.25) is 5.91 Å². The van der Waals surface area contributed by atoms with Gasteiger partial charge in [-0.3, -0.25) is 14.5 Å². The third-order valence-corrected chi connectivity index (χ3v) is 6.31. The van der Waals surface area contributed by atoms with E-state index in [1.54, 1.807) is 0 Å². The first-order valence-electron chi connectivity index (χ1n) is 9.85. The predicted octanol–water partition coefficient (Wildman–Crippen LogP) is 3.44. The Morgan fingerprint density at radius 2 is 1.93 bits per heavy atom. The molecule has 3 rings (SSSR count). The van der Waals surface area contributed by atoms with Crippen molar-refractivity contribution in [2.45, 2.75) is 45.7 Å². The number of nitrogens with zero attached hydrogens (tertiary/aromatic N) is 1. The van der Waals surface area contributed by atoms with Gasteiger partial charge >= 0.3 is 0 Å². The Morgan fingerprint density at radius 3 is 2.57 bits per heavy atom. The van der Waals surface area contributed by atoms with Crippen LogP contribution in [0.2, 0.25) is 0 Å². The van der Waals surface area contributed by atoms with Crippen LogP contribution in [0.5, 0.6) is 0 Å². The molecule has 1 aromatic heterocycles. The Kier molecular flexibility index (Phi) is 6.86. The molecule has 0 radical (unpaired) electrons. The molecule has 28 heavy (non-hydrogen) atoms. The van der Waals surface area contributed by atoms with E-state index in [0.717, 1.165) is 36.4 Å². The first-order chi connectivity index (χ1) is 13.4. The molecule has 1 fully saturated rings. The second-order valence-electron chi connectivity index (χ2n) is 7.63.